The van der Waals surface area contributed by atoms with E-state index >= 15 is 0 Å². The summed E-state index contributed by atoms with van der Waals surface area (Å²) in [6, 6.07) is 1.18. The SMILES string of the molecule is Nc1ncc(C(O)C(O)CS)cc1C(=O)O. The maximum absolute atomic E-state index is 10.8. The number of thiol groups is 1. The van der Waals surface area contributed by atoms with Gasteiger partial charge in [-0.1, -0.05) is 0 Å². The Kier molecular flexibility index (Phi) is 4.11. The predicted molar refractivity (Wildman–Crippen MR) is 60.4 cm³/mol. The summed E-state index contributed by atoms with van der Waals surface area (Å²) < 4.78 is 0. The fraction of sp³-hybridized carbons (Fsp3) is 0.333. The molecule has 0 radical (unpaired) electrons. The number of aliphatic hydroxyl groups excluding tert-OH is 2. The van der Waals surface area contributed by atoms with Gasteiger partial charge in [-0.05, 0) is 6.07 Å². The average molecular weight is 244 g/mol. The number of nitrogens with zero attached hydrogens (tertiary/aromatic N) is 1. The first kappa shape index (κ1) is 12.8. The van der Waals surface area contributed by atoms with Crippen molar-refractivity contribution in [3.05, 3.63) is 23.4 Å². The summed E-state index contributed by atoms with van der Waals surface area (Å²) in [4.78, 5) is 14.4. The van der Waals surface area contributed by atoms with Crippen molar-refractivity contribution in [3.63, 3.8) is 0 Å². The number of carboxylic acid groups (broad SMARTS) is 1. The summed E-state index contributed by atoms with van der Waals surface area (Å²) in [5, 5.41) is 27.7. The van der Waals surface area contributed by atoms with E-state index in [1.54, 1.807) is 0 Å². The number of carboxylic acids is 1. The molecule has 0 bridgehead atoms. The van der Waals surface area contributed by atoms with E-state index in [1.165, 1.54) is 12.3 Å². The van der Waals surface area contributed by atoms with Gasteiger partial charge in [0.2, 0.25) is 0 Å². The molecule has 1 aromatic rings. The molecule has 2 atom stereocenters. The molecule has 5 N–H and O–H groups in total. The zero-order valence-electron chi connectivity index (χ0n) is 8.24. The molecule has 0 amide bonds. The monoisotopic (exact) mass is 244 g/mol. The van der Waals surface area contributed by atoms with Crippen molar-refractivity contribution >= 4 is 24.4 Å². The number of aromatic nitrogens is 1. The van der Waals surface area contributed by atoms with Crippen LogP contribution in [0.2, 0.25) is 0 Å². The van der Waals surface area contributed by atoms with Crippen LogP contribution >= 0.6 is 12.6 Å². The van der Waals surface area contributed by atoms with Gasteiger partial charge in [-0.25, -0.2) is 9.78 Å². The first-order valence-corrected chi connectivity index (χ1v) is 5.06. The van der Waals surface area contributed by atoms with Crippen molar-refractivity contribution in [2.75, 3.05) is 11.5 Å². The zero-order valence-corrected chi connectivity index (χ0v) is 9.13. The van der Waals surface area contributed by atoms with Crippen LogP contribution in [-0.4, -0.2) is 38.1 Å². The van der Waals surface area contributed by atoms with Gasteiger partial charge < -0.3 is 21.1 Å². The van der Waals surface area contributed by atoms with Crippen LogP contribution in [0.5, 0.6) is 0 Å². The van der Waals surface area contributed by atoms with Gasteiger partial charge in [-0.2, -0.15) is 12.6 Å². The molecule has 16 heavy (non-hydrogen) atoms. The lowest BCUT2D eigenvalue weighted by Gasteiger charge is -2.16. The predicted octanol–water partition coefficient (Wildman–Crippen LogP) is -0.314. The molecule has 0 aliphatic heterocycles. The number of aromatic carboxylic acids is 1. The molecule has 0 saturated heterocycles. The molecule has 0 aliphatic rings. The molecular formula is C9H12N2O4S. The van der Waals surface area contributed by atoms with Crippen LogP contribution in [0.4, 0.5) is 5.82 Å². The molecule has 0 aliphatic carbocycles. The third-order valence-corrected chi connectivity index (χ3v) is 2.44. The Morgan fingerprint density at radius 2 is 2.19 bits per heavy atom. The van der Waals surface area contributed by atoms with Gasteiger partial charge >= 0.3 is 5.97 Å². The fourth-order valence-corrected chi connectivity index (χ4v) is 1.35. The van der Waals surface area contributed by atoms with Gasteiger partial charge in [0.05, 0.1) is 6.10 Å². The molecule has 0 fully saturated rings. The zero-order chi connectivity index (χ0) is 12.3. The highest BCUT2D eigenvalue weighted by Gasteiger charge is 2.20. The van der Waals surface area contributed by atoms with Gasteiger partial charge in [0.1, 0.15) is 17.5 Å². The topological polar surface area (TPSA) is 117 Å². The third-order valence-electron chi connectivity index (χ3n) is 2.06. The average Bonchev–Trinajstić information content (AvgIpc) is 2.27. The van der Waals surface area contributed by atoms with Crippen LogP contribution < -0.4 is 5.73 Å². The maximum Gasteiger partial charge on any atom is 0.339 e. The summed E-state index contributed by atoms with van der Waals surface area (Å²) in [7, 11) is 0. The Morgan fingerprint density at radius 3 is 2.69 bits per heavy atom. The maximum atomic E-state index is 10.8. The minimum atomic E-state index is -1.24. The van der Waals surface area contributed by atoms with E-state index in [1.807, 2.05) is 0 Å². The van der Waals surface area contributed by atoms with Crippen LogP contribution in [0.1, 0.15) is 22.0 Å². The second-order valence-electron chi connectivity index (χ2n) is 3.20. The summed E-state index contributed by atoms with van der Waals surface area (Å²) >= 11 is 3.82. The van der Waals surface area contributed by atoms with Crippen molar-refractivity contribution in [2.45, 2.75) is 12.2 Å². The molecule has 1 rings (SSSR count). The van der Waals surface area contributed by atoms with E-state index in [0.717, 1.165) is 0 Å². The van der Waals surface area contributed by atoms with Crippen molar-refractivity contribution in [2.24, 2.45) is 0 Å². The summed E-state index contributed by atoms with van der Waals surface area (Å²) in [5.41, 5.74) is 5.33. The highest BCUT2D eigenvalue weighted by atomic mass is 32.1. The van der Waals surface area contributed by atoms with Crippen LogP contribution in [0, 0.1) is 0 Å². The van der Waals surface area contributed by atoms with Gasteiger partial charge in [-0.15, -0.1) is 0 Å². The number of pyridine rings is 1. The number of rotatable bonds is 4. The number of hydrogen-bond acceptors (Lipinski definition) is 6. The Bertz CT molecular complexity index is 399. The van der Waals surface area contributed by atoms with E-state index in [4.69, 9.17) is 10.8 Å². The highest BCUT2D eigenvalue weighted by molar-refractivity contribution is 7.80. The summed E-state index contributed by atoms with van der Waals surface area (Å²) in [6.45, 7) is 0. The van der Waals surface area contributed by atoms with Gasteiger partial charge in [0.25, 0.3) is 0 Å². The molecule has 88 valence electrons. The van der Waals surface area contributed by atoms with Crippen molar-refractivity contribution in [3.8, 4) is 0 Å². The van der Waals surface area contributed by atoms with Gasteiger partial charge in [0, 0.05) is 17.5 Å². The molecule has 1 heterocycles. The number of aliphatic hydroxyl groups is 2. The Hall–Kier alpha value is -1.31. The largest absolute Gasteiger partial charge is 0.478 e. The molecule has 0 aromatic carbocycles. The molecule has 1 aromatic heterocycles. The van der Waals surface area contributed by atoms with E-state index < -0.39 is 18.2 Å². The molecule has 0 saturated carbocycles. The molecular weight excluding hydrogens is 232 g/mol. The fourth-order valence-electron chi connectivity index (χ4n) is 1.15. The van der Waals surface area contributed by atoms with Crippen molar-refractivity contribution < 1.29 is 20.1 Å². The number of nitrogens with two attached hydrogens (primary N) is 1. The van der Waals surface area contributed by atoms with Crippen LogP contribution in [0.3, 0.4) is 0 Å². The first-order valence-electron chi connectivity index (χ1n) is 4.43. The van der Waals surface area contributed by atoms with Crippen LogP contribution in [0.25, 0.3) is 0 Å². The lowest BCUT2D eigenvalue weighted by atomic mass is 10.1. The smallest absolute Gasteiger partial charge is 0.339 e. The Balaban J connectivity index is 3.07. The highest BCUT2D eigenvalue weighted by Crippen LogP contribution is 2.20. The van der Waals surface area contributed by atoms with Gasteiger partial charge in [-0.3, -0.25) is 0 Å². The molecule has 6 nitrogen and oxygen atoms in total. The Morgan fingerprint density at radius 1 is 1.56 bits per heavy atom. The number of hydrogen-bond donors (Lipinski definition) is 5. The standard InChI is InChI=1S/C9H12N2O4S/c10-8-5(9(14)15)1-4(2-11-8)7(13)6(12)3-16/h1-2,6-7,12-13,16H,3H2,(H2,10,11)(H,14,15). The summed E-state index contributed by atoms with van der Waals surface area (Å²) in [6.07, 6.45) is -1.10. The minimum absolute atomic E-state index is 0.0496. The lowest BCUT2D eigenvalue weighted by Crippen LogP contribution is -2.20. The molecule has 2 unspecified atom stereocenters. The van der Waals surface area contributed by atoms with Crippen LogP contribution in [0.15, 0.2) is 12.3 Å². The molecule has 0 spiro atoms. The first-order chi connectivity index (χ1) is 7.47. The number of anilines is 1. The quantitative estimate of drug-likeness (QED) is 0.464. The number of carbonyl (C=O) groups is 1. The van der Waals surface area contributed by atoms with E-state index in [-0.39, 0.29) is 22.7 Å². The minimum Gasteiger partial charge on any atom is -0.478 e. The van der Waals surface area contributed by atoms with E-state index in [9.17, 15) is 15.0 Å². The van der Waals surface area contributed by atoms with E-state index in [2.05, 4.69) is 17.6 Å². The van der Waals surface area contributed by atoms with Gasteiger partial charge in [0.15, 0.2) is 0 Å². The normalized spacial score (nSPS) is 14.4. The second kappa shape index (κ2) is 5.15. The summed E-state index contributed by atoms with van der Waals surface area (Å²) in [5.74, 6) is -1.32. The lowest BCUT2D eigenvalue weighted by molar-refractivity contribution is 0.0334. The van der Waals surface area contributed by atoms with Crippen molar-refractivity contribution in [1.82, 2.24) is 4.98 Å². The van der Waals surface area contributed by atoms with Crippen molar-refractivity contribution in [1.29, 1.82) is 0 Å². The third kappa shape index (κ3) is 2.63. The second-order valence-corrected chi connectivity index (χ2v) is 3.57. The van der Waals surface area contributed by atoms with Crippen LogP contribution in [-0.2, 0) is 0 Å². The van der Waals surface area contributed by atoms with E-state index in [0.29, 0.717) is 0 Å². The molecule has 7 heteroatoms. The number of nitrogen functional groups attached to an aromatic ring is 1. The Labute approximate surface area is 97.2 Å².